The number of amides is 2. The molecule has 0 aromatic heterocycles. The minimum atomic E-state index is -1.04. The number of allylic oxidation sites excluding steroid dienone is 4. The van der Waals surface area contributed by atoms with E-state index < -0.39 is 5.66 Å². The van der Waals surface area contributed by atoms with Gasteiger partial charge in [0.15, 0.2) is 23.0 Å². The maximum absolute atomic E-state index is 13.5. The lowest BCUT2D eigenvalue weighted by Crippen LogP contribution is -2.54. The number of carbonyl (C=O) groups excluding carboxylic acids is 2. The molecule has 1 unspecified atom stereocenters. The standard InChI is InChI=1S/C35H39N5O6/c1-5-8-22-12-24-18-37-27-15-31(29(43-3)13-25(27)33(41)39(24)19-22)45-10-7-11-46-32-16-28-26(14-30(32)44-4)34(42)40-20-23(9-6-2)17-35(40,36)21-38-28/h5-6,8-9,13-16,19-21,24,37H,7,10-12,17-18,36H2,1-4H3/b8-5+,9-6+/t24?,35-/m0/s1. The number of nitrogens with two attached hydrogens (primary N) is 1. The van der Waals surface area contributed by atoms with Crippen LogP contribution in [0.25, 0.3) is 0 Å². The van der Waals surface area contributed by atoms with Crippen LogP contribution in [0.4, 0.5) is 11.4 Å². The second-order valence-electron chi connectivity index (χ2n) is 11.6. The zero-order valence-electron chi connectivity index (χ0n) is 26.5. The quantitative estimate of drug-likeness (QED) is 0.339. The van der Waals surface area contributed by atoms with Gasteiger partial charge in [-0.25, -0.2) is 0 Å². The summed E-state index contributed by atoms with van der Waals surface area (Å²) in [5.74, 6) is 1.57. The van der Waals surface area contributed by atoms with E-state index >= 15 is 0 Å². The molecule has 0 spiro atoms. The molecule has 0 saturated carbocycles. The molecule has 4 aliphatic rings. The van der Waals surface area contributed by atoms with Crippen LogP contribution in [0.3, 0.4) is 0 Å². The fraction of sp³-hybridized carbons (Fsp3) is 0.343. The number of methoxy groups -OCH3 is 2. The van der Waals surface area contributed by atoms with E-state index in [0.717, 1.165) is 17.6 Å². The first kappa shape index (κ1) is 31.0. The molecule has 11 heteroatoms. The number of anilines is 1. The molecule has 0 radical (unpaired) electrons. The molecule has 2 amide bonds. The van der Waals surface area contributed by atoms with Crippen molar-refractivity contribution in [3.8, 4) is 23.0 Å². The summed E-state index contributed by atoms with van der Waals surface area (Å²) < 4.78 is 23.3. The van der Waals surface area contributed by atoms with Gasteiger partial charge in [0, 0.05) is 50.1 Å². The van der Waals surface area contributed by atoms with Crippen LogP contribution in [0.2, 0.25) is 0 Å². The second-order valence-corrected chi connectivity index (χ2v) is 11.6. The predicted octanol–water partition coefficient (Wildman–Crippen LogP) is 5.33. The minimum absolute atomic E-state index is 0.0499. The molecule has 0 saturated heterocycles. The second kappa shape index (κ2) is 12.8. The van der Waals surface area contributed by atoms with E-state index in [2.05, 4.69) is 10.3 Å². The molecule has 2 aromatic rings. The third-order valence-corrected chi connectivity index (χ3v) is 8.42. The van der Waals surface area contributed by atoms with Crippen molar-refractivity contribution in [2.24, 2.45) is 10.7 Å². The lowest BCUT2D eigenvalue weighted by atomic mass is 10.1. The SMILES string of the molecule is C/C=C/C1=CN2C(=O)c3cc(OC)c(OCCCOc4cc5c(cc4OC)C(=O)N4C=C(/C=C/C)C[C@@]4(N)C=N5)cc3NCC2C1. The minimum Gasteiger partial charge on any atom is -0.493 e. The summed E-state index contributed by atoms with van der Waals surface area (Å²) in [5.41, 5.74) is 9.73. The molecule has 2 atom stereocenters. The van der Waals surface area contributed by atoms with Crippen molar-refractivity contribution >= 4 is 29.4 Å². The van der Waals surface area contributed by atoms with Gasteiger partial charge in [-0.05, 0) is 43.5 Å². The molecule has 0 fully saturated rings. The van der Waals surface area contributed by atoms with E-state index in [1.165, 1.54) is 12.0 Å². The Balaban J connectivity index is 1.11. The van der Waals surface area contributed by atoms with Gasteiger partial charge in [-0.15, -0.1) is 0 Å². The van der Waals surface area contributed by atoms with Gasteiger partial charge < -0.3 is 34.9 Å². The molecular weight excluding hydrogens is 586 g/mol. The molecule has 4 heterocycles. The number of aliphatic imine (C=N–C) groups is 1. The highest BCUT2D eigenvalue weighted by molar-refractivity contribution is 6.05. The molecule has 2 aromatic carbocycles. The number of rotatable bonds is 10. The molecule has 240 valence electrons. The van der Waals surface area contributed by atoms with Crippen molar-refractivity contribution in [1.29, 1.82) is 0 Å². The zero-order chi connectivity index (χ0) is 32.4. The number of nitrogens with one attached hydrogen (secondary N) is 1. The van der Waals surface area contributed by atoms with Crippen LogP contribution in [-0.2, 0) is 0 Å². The Morgan fingerprint density at radius 3 is 2.28 bits per heavy atom. The first-order chi connectivity index (χ1) is 22.3. The van der Waals surface area contributed by atoms with Crippen molar-refractivity contribution in [2.75, 3.05) is 39.3 Å². The van der Waals surface area contributed by atoms with Crippen LogP contribution in [0.15, 0.2) is 77.1 Å². The molecule has 46 heavy (non-hydrogen) atoms. The molecule has 4 aliphatic heterocycles. The number of fused-ring (bicyclic) bond motifs is 4. The summed E-state index contributed by atoms with van der Waals surface area (Å²) in [4.78, 5) is 34.8. The average molecular weight is 626 g/mol. The third-order valence-electron chi connectivity index (χ3n) is 8.42. The summed E-state index contributed by atoms with van der Waals surface area (Å²) in [5, 5.41) is 3.43. The van der Waals surface area contributed by atoms with E-state index in [1.807, 2.05) is 50.4 Å². The Bertz CT molecular complexity index is 1710. The van der Waals surface area contributed by atoms with Gasteiger partial charge in [-0.2, -0.15) is 0 Å². The fourth-order valence-corrected chi connectivity index (χ4v) is 6.20. The van der Waals surface area contributed by atoms with Crippen LogP contribution in [0, 0.1) is 0 Å². The van der Waals surface area contributed by atoms with Crippen molar-refractivity contribution in [2.45, 2.75) is 44.8 Å². The molecular formula is C35H39N5O6. The fourth-order valence-electron chi connectivity index (χ4n) is 6.20. The van der Waals surface area contributed by atoms with E-state index in [0.29, 0.717) is 78.1 Å². The first-order valence-corrected chi connectivity index (χ1v) is 15.4. The van der Waals surface area contributed by atoms with Crippen LogP contribution in [0.1, 0.15) is 53.8 Å². The maximum Gasteiger partial charge on any atom is 0.261 e. The smallest absolute Gasteiger partial charge is 0.261 e. The summed E-state index contributed by atoms with van der Waals surface area (Å²) in [6.07, 6.45) is 15.0. The summed E-state index contributed by atoms with van der Waals surface area (Å²) in [6, 6.07) is 6.95. The number of carbonyl (C=O) groups is 2. The van der Waals surface area contributed by atoms with Crippen molar-refractivity contribution in [3.63, 3.8) is 0 Å². The molecule has 11 nitrogen and oxygen atoms in total. The van der Waals surface area contributed by atoms with E-state index in [-0.39, 0.29) is 17.9 Å². The summed E-state index contributed by atoms with van der Waals surface area (Å²) >= 11 is 0. The molecule has 0 bridgehead atoms. The third kappa shape index (κ3) is 5.74. The van der Waals surface area contributed by atoms with Gasteiger partial charge in [-0.1, -0.05) is 24.3 Å². The van der Waals surface area contributed by atoms with Crippen LogP contribution in [-0.4, -0.2) is 73.5 Å². The van der Waals surface area contributed by atoms with Gasteiger partial charge in [0.25, 0.3) is 11.8 Å². The average Bonchev–Trinajstić information content (AvgIpc) is 3.56. The maximum atomic E-state index is 13.5. The van der Waals surface area contributed by atoms with Crippen molar-refractivity contribution in [3.05, 3.63) is 83.2 Å². The lowest BCUT2D eigenvalue weighted by molar-refractivity contribution is 0.0753. The normalized spacial score (nSPS) is 21.6. The van der Waals surface area contributed by atoms with E-state index in [1.54, 1.807) is 42.6 Å². The Hall–Kier alpha value is -5.03. The van der Waals surface area contributed by atoms with Gasteiger partial charge >= 0.3 is 0 Å². The number of ether oxygens (including phenoxy) is 4. The highest BCUT2D eigenvalue weighted by Gasteiger charge is 2.42. The first-order valence-electron chi connectivity index (χ1n) is 15.4. The highest BCUT2D eigenvalue weighted by atomic mass is 16.5. The lowest BCUT2D eigenvalue weighted by Gasteiger charge is -2.29. The monoisotopic (exact) mass is 625 g/mol. The van der Waals surface area contributed by atoms with Gasteiger partial charge in [0.05, 0.1) is 56.0 Å². The van der Waals surface area contributed by atoms with Gasteiger partial charge in [0.2, 0.25) is 0 Å². The summed E-state index contributed by atoms with van der Waals surface area (Å²) in [6.45, 7) is 5.18. The number of hydrogen-bond acceptors (Lipinski definition) is 9. The van der Waals surface area contributed by atoms with Crippen molar-refractivity contribution < 1.29 is 28.5 Å². The van der Waals surface area contributed by atoms with Crippen LogP contribution < -0.4 is 30.0 Å². The number of nitrogens with zero attached hydrogens (tertiary/aromatic N) is 3. The Kier molecular flexibility index (Phi) is 8.59. The van der Waals surface area contributed by atoms with Gasteiger partial charge in [0.1, 0.15) is 5.66 Å². The van der Waals surface area contributed by atoms with E-state index in [9.17, 15) is 9.59 Å². The zero-order valence-corrected chi connectivity index (χ0v) is 26.5. The molecule has 6 rings (SSSR count). The van der Waals surface area contributed by atoms with Crippen LogP contribution in [0.5, 0.6) is 23.0 Å². The molecule has 3 N–H and O–H groups in total. The number of hydrogen-bond donors (Lipinski definition) is 2. The van der Waals surface area contributed by atoms with Crippen molar-refractivity contribution in [1.82, 2.24) is 9.80 Å². The van der Waals surface area contributed by atoms with Gasteiger partial charge in [-0.3, -0.25) is 19.5 Å². The number of benzene rings is 2. The van der Waals surface area contributed by atoms with Crippen LogP contribution >= 0.6 is 0 Å². The Morgan fingerprint density at radius 2 is 1.59 bits per heavy atom. The molecule has 0 aliphatic carbocycles. The Morgan fingerprint density at radius 1 is 0.913 bits per heavy atom. The topological polar surface area (TPSA) is 128 Å². The summed E-state index contributed by atoms with van der Waals surface area (Å²) in [7, 11) is 3.08. The Labute approximate surface area is 268 Å². The highest BCUT2D eigenvalue weighted by Crippen LogP contribution is 2.41. The largest absolute Gasteiger partial charge is 0.493 e. The predicted molar refractivity (Wildman–Crippen MR) is 176 cm³/mol. The van der Waals surface area contributed by atoms with E-state index in [4.69, 9.17) is 24.7 Å².